The van der Waals surface area contributed by atoms with Crippen LogP contribution in [-0.4, -0.2) is 25.2 Å². The molecule has 1 rings (SSSR count). The molecule has 0 aliphatic rings. The van der Waals surface area contributed by atoms with Crippen LogP contribution in [0.25, 0.3) is 0 Å². The van der Waals surface area contributed by atoms with Crippen molar-refractivity contribution in [2.24, 2.45) is 0 Å². The molecule has 0 N–H and O–H groups in total. The van der Waals surface area contributed by atoms with E-state index in [1.165, 1.54) is 12.2 Å². The first-order valence-electron chi connectivity index (χ1n) is 5.78. The maximum atomic E-state index is 11.9. The van der Waals surface area contributed by atoms with Gasteiger partial charge >= 0.3 is 11.9 Å². The predicted molar refractivity (Wildman–Crippen MR) is 94.2 cm³/mol. The van der Waals surface area contributed by atoms with Crippen molar-refractivity contribution in [3.63, 3.8) is 0 Å². The van der Waals surface area contributed by atoms with E-state index in [1.807, 2.05) is 0 Å². The molecule has 0 aliphatic carbocycles. The van der Waals surface area contributed by atoms with Crippen LogP contribution in [0.5, 0.6) is 0 Å². The summed E-state index contributed by atoms with van der Waals surface area (Å²) >= 11 is 24.0. The van der Waals surface area contributed by atoms with Crippen LogP contribution in [-0.2, 0) is 9.47 Å². The van der Waals surface area contributed by atoms with Gasteiger partial charge in [-0.05, 0) is 0 Å². The van der Waals surface area contributed by atoms with Crippen molar-refractivity contribution in [2.75, 3.05) is 13.2 Å². The second kappa shape index (κ2) is 9.83. The van der Waals surface area contributed by atoms with Crippen LogP contribution in [0.2, 0.25) is 20.1 Å². The third kappa shape index (κ3) is 4.88. The highest BCUT2D eigenvalue weighted by Gasteiger charge is 2.29. The Morgan fingerprint density at radius 1 is 0.783 bits per heavy atom. The molecule has 1 aromatic carbocycles. The minimum atomic E-state index is -0.843. The monoisotopic (exact) mass is 398 g/mol. The molecule has 8 heteroatoms. The van der Waals surface area contributed by atoms with Crippen LogP contribution in [0.15, 0.2) is 25.3 Å². The molecule has 0 bridgehead atoms. The fourth-order valence-electron chi connectivity index (χ4n) is 1.40. The third-order valence-electron chi connectivity index (χ3n) is 2.34. The van der Waals surface area contributed by atoms with Gasteiger partial charge in [0.1, 0.15) is 13.2 Å². The Labute approximate surface area is 154 Å². The van der Waals surface area contributed by atoms with Gasteiger partial charge in [-0.1, -0.05) is 79.1 Å². The van der Waals surface area contributed by atoms with E-state index >= 15 is 0 Å². The minimum absolute atomic E-state index is 0. The summed E-state index contributed by atoms with van der Waals surface area (Å²) in [7, 11) is 0. The Hall–Kier alpha value is -1.20. The second-order valence-electron chi connectivity index (χ2n) is 3.78. The summed E-state index contributed by atoms with van der Waals surface area (Å²) in [5.41, 5.74) is -0.471. The van der Waals surface area contributed by atoms with Crippen molar-refractivity contribution in [1.29, 1.82) is 0 Å². The molecule has 126 valence electrons. The largest absolute Gasteiger partial charge is 0.458 e. The summed E-state index contributed by atoms with van der Waals surface area (Å²) in [6, 6.07) is 0. The first kappa shape index (κ1) is 21.8. The molecule has 0 saturated carbocycles. The molecular weight excluding hydrogens is 386 g/mol. The number of ether oxygens (including phenoxy) is 2. The van der Waals surface area contributed by atoms with E-state index in [1.54, 1.807) is 0 Å². The number of hydrogen-bond donors (Lipinski definition) is 0. The quantitative estimate of drug-likeness (QED) is 0.353. The van der Waals surface area contributed by atoms with Crippen molar-refractivity contribution < 1.29 is 19.1 Å². The molecule has 0 amide bonds. The first-order chi connectivity index (χ1) is 10.4. The molecule has 23 heavy (non-hydrogen) atoms. The smallest absolute Gasteiger partial charge is 0.341 e. The molecule has 0 heterocycles. The van der Waals surface area contributed by atoms with Crippen molar-refractivity contribution in [2.45, 2.75) is 7.43 Å². The fraction of sp³-hybridized carbons (Fsp3) is 0.200. The van der Waals surface area contributed by atoms with Gasteiger partial charge in [-0.3, -0.25) is 0 Å². The number of carbonyl (C=O) groups is 2. The molecule has 0 atom stereocenters. The van der Waals surface area contributed by atoms with Gasteiger partial charge in [0.2, 0.25) is 0 Å². The third-order valence-corrected chi connectivity index (χ3v) is 4.04. The molecule has 4 nitrogen and oxygen atoms in total. The van der Waals surface area contributed by atoms with E-state index < -0.39 is 11.9 Å². The van der Waals surface area contributed by atoms with Crippen LogP contribution in [0.1, 0.15) is 28.1 Å². The lowest BCUT2D eigenvalue weighted by molar-refractivity contribution is 0.0536. The first-order valence-corrected chi connectivity index (χ1v) is 7.29. The van der Waals surface area contributed by atoms with Gasteiger partial charge in [0.05, 0.1) is 31.2 Å². The predicted octanol–water partition coefficient (Wildman–Crippen LogP) is 5.62. The zero-order chi connectivity index (χ0) is 16.9. The summed E-state index contributed by atoms with van der Waals surface area (Å²) in [6.45, 7) is 6.71. The van der Waals surface area contributed by atoms with Gasteiger partial charge in [-0.15, -0.1) is 0 Å². The average Bonchev–Trinajstić information content (AvgIpc) is 2.49. The van der Waals surface area contributed by atoms with Crippen LogP contribution < -0.4 is 0 Å². The Morgan fingerprint density at radius 2 is 1.04 bits per heavy atom. The standard InChI is InChI=1S/C14H10Cl4O4.CH4/c1-3-5-21-13(19)7-9(15)11(17)8(12(18)10(7)16)14(20)22-6-4-2;/h3-4H,1-2,5-6H2;1H4. The molecule has 1 aromatic rings. The van der Waals surface area contributed by atoms with Crippen molar-refractivity contribution >= 4 is 58.3 Å². The number of benzene rings is 1. The molecule has 0 fully saturated rings. The summed E-state index contributed by atoms with van der Waals surface area (Å²) in [5.74, 6) is -1.69. The molecule has 0 aliphatic heterocycles. The van der Waals surface area contributed by atoms with Gasteiger partial charge < -0.3 is 9.47 Å². The van der Waals surface area contributed by atoms with E-state index in [-0.39, 0.29) is 51.9 Å². The zero-order valence-corrected chi connectivity index (χ0v) is 14.2. The molecule has 0 radical (unpaired) electrons. The zero-order valence-electron chi connectivity index (χ0n) is 11.1. The number of carbonyl (C=O) groups excluding carboxylic acids is 2. The highest BCUT2D eigenvalue weighted by atomic mass is 35.5. The summed E-state index contributed by atoms with van der Waals surface area (Å²) in [4.78, 5) is 23.8. The van der Waals surface area contributed by atoms with E-state index in [9.17, 15) is 9.59 Å². The van der Waals surface area contributed by atoms with Gasteiger partial charge in [-0.2, -0.15) is 0 Å². The lowest BCUT2D eigenvalue weighted by atomic mass is 10.1. The highest BCUT2D eigenvalue weighted by molar-refractivity contribution is 6.52. The van der Waals surface area contributed by atoms with Crippen LogP contribution in [0.3, 0.4) is 0 Å². The Kier molecular flexibility index (Phi) is 9.32. The maximum absolute atomic E-state index is 11.9. The molecule has 0 spiro atoms. The van der Waals surface area contributed by atoms with Crippen molar-refractivity contribution in [1.82, 2.24) is 0 Å². The topological polar surface area (TPSA) is 52.6 Å². The lowest BCUT2D eigenvalue weighted by Crippen LogP contribution is -2.12. The second-order valence-corrected chi connectivity index (χ2v) is 5.29. The van der Waals surface area contributed by atoms with Gasteiger partial charge in [0, 0.05) is 0 Å². The number of esters is 2. The Bertz CT molecular complexity index is 557. The van der Waals surface area contributed by atoms with E-state index in [4.69, 9.17) is 55.9 Å². The fourth-order valence-corrected chi connectivity index (χ4v) is 2.56. The summed E-state index contributed by atoms with van der Waals surface area (Å²) < 4.78 is 9.68. The Balaban J connectivity index is 0.00000484. The minimum Gasteiger partial charge on any atom is -0.458 e. The van der Waals surface area contributed by atoms with Gasteiger partial charge in [0.25, 0.3) is 0 Å². The Morgan fingerprint density at radius 3 is 1.26 bits per heavy atom. The van der Waals surface area contributed by atoms with Crippen LogP contribution in [0.4, 0.5) is 0 Å². The maximum Gasteiger partial charge on any atom is 0.341 e. The number of hydrogen-bond acceptors (Lipinski definition) is 4. The molecule has 0 unspecified atom stereocenters. The lowest BCUT2D eigenvalue weighted by Gasteiger charge is -2.14. The highest BCUT2D eigenvalue weighted by Crippen LogP contribution is 2.41. The van der Waals surface area contributed by atoms with Crippen molar-refractivity contribution in [3.05, 3.63) is 56.5 Å². The van der Waals surface area contributed by atoms with E-state index in [0.29, 0.717) is 0 Å². The molecule has 0 saturated heterocycles. The SMILES string of the molecule is C.C=CCOC(=O)c1c(Cl)c(Cl)c(C(=O)OCC=C)c(Cl)c1Cl. The summed E-state index contributed by atoms with van der Waals surface area (Å²) in [6.07, 6.45) is 2.73. The molecule has 0 aromatic heterocycles. The van der Waals surface area contributed by atoms with E-state index in [0.717, 1.165) is 0 Å². The van der Waals surface area contributed by atoms with Gasteiger partial charge in [0.15, 0.2) is 0 Å². The van der Waals surface area contributed by atoms with Crippen molar-refractivity contribution in [3.8, 4) is 0 Å². The summed E-state index contributed by atoms with van der Waals surface area (Å²) in [5, 5.41) is -1.02. The van der Waals surface area contributed by atoms with Crippen LogP contribution >= 0.6 is 46.4 Å². The average molecular weight is 400 g/mol. The number of rotatable bonds is 6. The molecular formula is C15H14Cl4O4. The normalized spacial score (nSPS) is 9.57. The van der Waals surface area contributed by atoms with E-state index in [2.05, 4.69) is 13.2 Å². The van der Waals surface area contributed by atoms with Gasteiger partial charge in [-0.25, -0.2) is 9.59 Å². The number of halogens is 4. The van der Waals surface area contributed by atoms with Crippen LogP contribution in [0, 0.1) is 0 Å².